The molecule has 1 saturated heterocycles. The van der Waals surface area contributed by atoms with E-state index in [1.54, 1.807) is 24.3 Å². The van der Waals surface area contributed by atoms with Crippen LogP contribution in [0.4, 0.5) is 0 Å². The van der Waals surface area contributed by atoms with Gasteiger partial charge in [0.15, 0.2) is 29.3 Å². The zero-order valence-corrected chi connectivity index (χ0v) is 20.9. The first-order valence-corrected chi connectivity index (χ1v) is 12.0. The number of phenols is 2. The van der Waals surface area contributed by atoms with E-state index in [1.165, 1.54) is 21.3 Å². The molecular formula is C26H34O11. The van der Waals surface area contributed by atoms with Gasteiger partial charge < -0.3 is 54.3 Å². The molecule has 1 aliphatic heterocycles. The van der Waals surface area contributed by atoms with Crippen molar-refractivity contribution >= 4 is 0 Å². The summed E-state index contributed by atoms with van der Waals surface area (Å²) >= 11 is 0. The standard InChI is InChI=1S/C26H34O11/c1-33-19-5-12-4-14(9-27)16(10-36-26-25(32)23(30)18(29)11-37-26)22(15(12)8-17(19)28)13-6-20(34-2)24(31)21(7-13)35-3/h5-8,14,16,18,22-23,25-32H,4,9-11H2,1-3H3/t14-,16-,18-,22+,23+,25-,26-/m1/s1. The molecular weight excluding hydrogens is 488 g/mol. The van der Waals surface area contributed by atoms with Crippen LogP contribution in [0.2, 0.25) is 0 Å². The summed E-state index contributed by atoms with van der Waals surface area (Å²) in [7, 11) is 4.29. The molecule has 2 aliphatic rings. The largest absolute Gasteiger partial charge is 0.504 e. The van der Waals surface area contributed by atoms with Crippen LogP contribution in [0, 0.1) is 11.8 Å². The van der Waals surface area contributed by atoms with Gasteiger partial charge in [0, 0.05) is 12.5 Å². The monoisotopic (exact) mass is 522 g/mol. The molecule has 0 bridgehead atoms. The zero-order valence-electron chi connectivity index (χ0n) is 20.9. The third-order valence-corrected chi connectivity index (χ3v) is 7.29. The molecule has 0 aromatic heterocycles. The van der Waals surface area contributed by atoms with E-state index in [4.69, 9.17) is 23.7 Å². The van der Waals surface area contributed by atoms with Gasteiger partial charge in [-0.25, -0.2) is 0 Å². The van der Waals surface area contributed by atoms with Crippen LogP contribution in [0.25, 0.3) is 0 Å². The van der Waals surface area contributed by atoms with Gasteiger partial charge in [-0.15, -0.1) is 0 Å². The number of aliphatic hydroxyl groups excluding tert-OH is 4. The van der Waals surface area contributed by atoms with Crippen molar-refractivity contribution < 1.29 is 54.3 Å². The Morgan fingerprint density at radius 2 is 1.54 bits per heavy atom. The third kappa shape index (κ3) is 5.15. The molecule has 1 heterocycles. The molecule has 0 radical (unpaired) electrons. The van der Waals surface area contributed by atoms with E-state index >= 15 is 0 Å². The summed E-state index contributed by atoms with van der Waals surface area (Å²) in [4.78, 5) is 0. The first-order valence-electron chi connectivity index (χ1n) is 12.0. The molecule has 0 spiro atoms. The lowest BCUT2D eigenvalue weighted by Crippen LogP contribution is -2.54. The average molecular weight is 523 g/mol. The predicted octanol–water partition coefficient (Wildman–Crippen LogP) is 0.492. The van der Waals surface area contributed by atoms with Crippen LogP contribution in [0.3, 0.4) is 0 Å². The van der Waals surface area contributed by atoms with E-state index in [9.17, 15) is 30.6 Å². The first-order chi connectivity index (χ1) is 17.7. The molecule has 2 aromatic carbocycles. The fourth-order valence-electron chi connectivity index (χ4n) is 5.28. The van der Waals surface area contributed by atoms with Crippen molar-refractivity contribution in [2.24, 2.45) is 11.8 Å². The summed E-state index contributed by atoms with van der Waals surface area (Å²) in [5.74, 6) is -0.745. The van der Waals surface area contributed by atoms with Gasteiger partial charge in [-0.1, -0.05) is 0 Å². The van der Waals surface area contributed by atoms with Gasteiger partial charge in [0.25, 0.3) is 0 Å². The fraction of sp³-hybridized carbons (Fsp3) is 0.538. The number of methoxy groups -OCH3 is 3. The number of aliphatic hydroxyl groups is 4. The number of ether oxygens (including phenoxy) is 5. The molecule has 1 fully saturated rings. The van der Waals surface area contributed by atoms with Gasteiger partial charge >= 0.3 is 0 Å². The number of rotatable bonds is 8. The second-order valence-electron chi connectivity index (χ2n) is 9.37. The molecule has 0 saturated carbocycles. The number of hydrogen-bond acceptors (Lipinski definition) is 11. The number of fused-ring (bicyclic) bond motifs is 1. The van der Waals surface area contributed by atoms with Crippen molar-refractivity contribution in [2.45, 2.75) is 36.9 Å². The predicted molar refractivity (Wildman–Crippen MR) is 129 cm³/mol. The van der Waals surface area contributed by atoms with Crippen molar-refractivity contribution in [2.75, 3.05) is 41.2 Å². The van der Waals surface area contributed by atoms with Gasteiger partial charge in [0.2, 0.25) is 5.75 Å². The highest BCUT2D eigenvalue weighted by molar-refractivity contribution is 5.57. The van der Waals surface area contributed by atoms with E-state index in [2.05, 4.69) is 0 Å². The summed E-state index contributed by atoms with van der Waals surface area (Å²) < 4.78 is 27.3. The van der Waals surface area contributed by atoms with Crippen molar-refractivity contribution in [3.8, 4) is 28.7 Å². The molecule has 7 atom stereocenters. The Morgan fingerprint density at radius 1 is 0.892 bits per heavy atom. The molecule has 1 aliphatic carbocycles. The van der Waals surface area contributed by atoms with Gasteiger partial charge in [-0.3, -0.25) is 0 Å². The summed E-state index contributed by atoms with van der Waals surface area (Å²) in [6, 6.07) is 6.66. The van der Waals surface area contributed by atoms with Gasteiger partial charge in [-0.2, -0.15) is 0 Å². The molecule has 37 heavy (non-hydrogen) atoms. The van der Waals surface area contributed by atoms with E-state index < -0.39 is 36.4 Å². The van der Waals surface area contributed by atoms with Gasteiger partial charge in [0.05, 0.1) is 34.5 Å². The smallest absolute Gasteiger partial charge is 0.200 e. The minimum Gasteiger partial charge on any atom is -0.504 e. The van der Waals surface area contributed by atoms with E-state index in [1.807, 2.05) is 0 Å². The van der Waals surface area contributed by atoms with Crippen molar-refractivity contribution in [3.05, 3.63) is 41.0 Å². The number of benzene rings is 2. The lowest BCUT2D eigenvalue weighted by molar-refractivity contribution is -0.274. The Kier molecular flexibility index (Phi) is 8.32. The second kappa shape index (κ2) is 11.3. The number of aromatic hydroxyl groups is 2. The van der Waals surface area contributed by atoms with Crippen LogP contribution < -0.4 is 14.2 Å². The van der Waals surface area contributed by atoms with E-state index in [0.29, 0.717) is 17.7 Å². The highest BCUT2D eigenvalue weighted by Crippen LogP contribution is 2.50. The summed E-state index contributed by atoms with van der Waals surface area (Å²) in [5.41, 5.74) is 2.28. The zero-order chi connectivity index (χ0) is 26.9. The molecule has 11 nitrogen and oxygen atoms in total. The molecule has 4 rings (SSSR count). The maximum absolute atomic E-state index is 10.6. The Morgan fingerprint density at radius 3 is 2.14 bits per heavy atom. The van der Waals surface area contributed by atoms with Crippen LogP contribution in [0.15, 0.2) is 24.3 Å². The quantitative estimate of drug-likeness (QED) is 0.286. The summed E-state index contributed by atoms with van der Waals surface area (Å²) in [6.45, 7) is -0.392. The van der Waals surface area contributed by atoms with Crippen LogP contribution >= 0.6 is 0 Å². The van der Waals surface area contributed by atoms with Crippen LogP contribution in [0.1, 0.15) is 22.6 Å². The molecule has 0 unspecified atom stereocenters. The topological polar surface area (TPSA) is 168 Å². The Labute approximate surface area is 214 Å². The molecule has 6 N–H and O–H groups in total. The minimum atomic E-state index is -1.46. The molecule has 2 aromatic rings. The Bertz CT molecular complexity index is 1070. The maximum atomic E-state index is 10.6. The van der Waals surface area contributed by atoms with Crippen LogP contribution in [-0.4, -0.2) is 96.4 Å². The van der Waals surface area contributed by atoms with Gasteiger partial charge in [-0.05, 0) is 59.2 Å². The van der Waals surface area contributed by atoms with Crippen molar-refractivity contribution in [1.82, 2.24) is 0 Å². The Hall–Kier alpha value is -2.80. The fourth-order valence-corrected chi connectivity index (χ4v) is 5.28. The van der Waals surface area contributed by atoms with Crippen molar-refractivity contribution in [3.63, 3.8) is 0 Å². The number of hydrogen-bond donors (Lipinski definition) is 6. The third-order valence-electron chi connectivity index (χ3n) is 7.29. The lowest BCUT2D eigenvalue weighted by Gasteiger charge is -2.41. The van der Waals surface area contributed by atoms with E-state index in [0.717, 1.165) is 11.1 Å². The molecule has 0 amide bonds. The SMILES string of the molecule is COc1cc2c(cc1O)[C@H](c1cc(OC)c(O)c(OC)c1)[C@H](CO[C@@H]1OC[C@@H](O)[C@H](O)[C@H]1O)[C@@H](CO)C2. The highest BCUT2D eigenvalue weighted by Gasteiger charge is 2.42. The minimum absolute atomic E-state index is 0.00181. The maximum Gasteiger partial charge on any atom is 0.200 e. The summed E-state index contributed by atoms with van der Waals surface area (Å²) in [5, 5.41) is 61.6. The Balaban J connectivity index is 1.78. The van der Waals surface area contributed by atoms with E-state index in [-0.39, 0.29) is 48.7 Å². The highest BCUT2D eigenvalue weighted by atomic mass is 16.7. The lowest BCUT2D eigenvalue weighted by atomic mass is 9.66. The summed E-state index contributed by atoms with van der Waals surface area (Å²) in [6.07, 6.45) is -4.86. The molecule has 11 heteroatoms. The normalized spacial score (nSPS) is 29.4. The molecule has 204 valence electrons. The van der Waals surface area contributed by atoms with Crippen LogP contribution in [-0.2, 0) is 15.9 Å². The first kappa shape index (κ1) is 27.2. The van der Waals surface area contributed by atoms with Gasteiger partial charge in [0.1, 0.15) is 18.3 Å². The number of phenolic OH excluding ortho intramolecular Hbond substituents is 2. The average Bonchev–Trinajstić information content (AvgIpc) is 2.90. The van der Waals surface area contributed by atoms with Crippen LogP contribution in [0.5, 0.6) is 28.7 Å². The van der Waals surface area contributed by atoms with Crippen molar-refractivity contribution in [1.29, 1.82) is 0 Å². The second-order valence-corrected chi connectivity index (χ2v) is 9.37.